The van der Waals surface area contributed by atoms with E-state index in [0.29, 0.717) is 10.6 Å². The first-order valence-electron chi connectivity index (χ1n) is 10.6. The molecule has 1 amide bonds. The monoisotopic (exact) mass is 519 g/mol. The van der Waals surface area contributed by atoms with Crippen LogP contribution in [-0.4, -0.2) is 48.3 Å². The van der Waals surface area contributed by atoms with Gasteiger partial charge in [0.1, 0.15) is 11.9 Å². The average molecular weight is 519 g/mol. The lowest BCUT2D eigenvalue weighted by Crippen LogP contribution is -2.42. The van der Waals surface area contributed by atoms with E-state index in [1.165, 1.54) is 24.3 Å². The van der Waals surface area contributed by atoms with E-state index < -0.39 is 53.0 Å². The molecule has 3 N–H and O–H groups in total. The number of halogens is 4. The summed E-state index contributed by atoms with van der Waals surface area (Å²) in [7, 11) is 0. The van der Waals surface area contributed by atoms with Crippen molar-refractivity contribution in [3.63, 3.8) is 0 Å². The highest BCUT2D eigenvalue weighted by molar-refractivity contribution is 5.93. The van der Waals surface area contributed by atoms with E-state index in [1.54, 1.807) is 0 Å². The molecule has 0 spiro atoms. The smallest absolute Gasteiger partial charge is 0.394 e. The van der Waals surface area contributed by atoms with E-state index >= 15 is 0 Å². The van der Waals surface area contributed by atoms with Gasteiger partial charge in [0.05, 0.1) is 23.3 Å². The van der Waals surface area contributed by atoms with Gasteiger partial charge in [-0.2, -0.15) is 18.3 Å². The van der Waals surface area contributed by atoms with Crippen molar-refractivity contribution in [2.24, 2.45) is 0 Å². The lowest BCUT2D eigenvalue weighted by molar-refractivity contribution is -0.384. The molecule has 0 aliphatic heterocycles. The molecule has 2 aromatic heterocycles. The number of carbonyl (C=O) groups excluding carboxylic acids is 1. The number of amides is 1. The second-order valence-electron chi connectivity index (χ2n) is 7.89. The zero-order valence-electron chi connectivity index (χ0n) is 18.6. The number of aliphatic hydroxyl groups excluding tert-OH is 2. The molecule has 2 heterocycles. The molecule has 2 aromatic carbocycles. The van der Waals surface area contributed by atoms with Gasteiger partial charge >= 0.3 is 6.18 Å². The van der Waals surface area contributed by atoms with Crippen LogP contribution in [0.4, 0.5) is 23.2 Å². The van der Waals surface area contributed by atoms with Crippen molar-refractivity contribution in [3.8, 4) is 11.3 Å². The van der Waals surface area contributed by atoms with Crippen molar-refractivity contribution in [1.82, 2.24) is 19.9 Å². The van der Waals surface area contributed by atoms with Crippen LogP contribution >= 0.6 is 0 Å². The molecule has 0 saturated carbocycles. The largest absolute Gasteiger partial charge is 0.433 e. The Morgan fingerprint density at radius 3 is 2.32 bits per heavy atom. The molecular formula is C23H17F4N5O5. The number of nitrogens with one attached hydrogen (secondary N) is 1. The van der Waals surface area contributed by atoms with Crippen LogP contribution in [0.5, 0.6) is 0 Å². The molecule has 0 saturated heterocycles. The van der Waals surface area contributed by atoms with Crippen LogP contribution in [0.3, 0.4) is 0 Å². The second kappa shape index (κ2) is 9.91. The predicted molar refractivity (Wildman–Crippen MR) is 120 cm³/mol. The molecule has 0 fully saturated rings. The Balaban J connectivity index is 1.64. The lowest BCUT2D eigenvalue weighted by atomic mass is 10.0. The first kappa shape index (κ1) is 25.7. The van der Waals surface area contributed by atoms with E-state index in [9.17, 15) is 42.7 Å². The number of hydrogen-bond donors (Lipinski definition) is 3. The lowest BCUT2D eigenvalue weighted by Gasteiger charge is -2.22. The fourth-order valence-corrected chi connectivity index (χ4v) is 3.55. The fraction of sp³-hybridized carbons (Fsp3) is 0.174. The molecule has 4 aromatic rings. The van der Waals surface area contributed by atoms with Gasteiger partial charge in [0.2, 0.25) is 0 Å². The Morgan fingerprint density at radius 2 is 1.76 bits per heavy atom. The summed E-state index contributed by atoms with van der Waals surface area (Å²) in [5.74, 6) is -1.60. The molecule has 2 atom stereocenters. The van der Waals surface area contributed by atoms with Crippen LogP contribution in [0.25, 0.3) is 16.9 Å². The number of alkyl halides is 3. The highest BCUT2D eigenvalue weighted by Crippen LogP contribution is 2.32. The first-order chi connectivity index (χ1) is 17.5. The van der Waals surface area contributed by atoms with Gasteiger partial charge in [0.15, 0.2) is 17.0 Å². The van der Waals surface area contributed by atoms with Gasteiger partial charge < -0.3 is 15.5 Å². The summed E-state index contributed by atoms with van der Waals surface area (Å²) >= 11 is 0. The average Bonchev–Trinajstić information content (AvgIpc) is 3.30. The molecule has 192 valence electrons. The van der Waals surface area contributed by atoms with Crippen LogP contribution < -0.4 is 5.32 Å². The van der Waals surface area contributed by atoms with Gasteiger partial charge in [-0.05, 0) is 48.0 Å². The van der Waals surface area contributed by atoms with Gasteiger partial charge in [-0.3, -0.25) is 14.9 Å². The minimum absolute atomic E-state index is 0.131. The minimum Gasteiger partial charge on any atom is -0.394 e. The predicted octanol–water partition coefficient (Wildman–Crippen LogP) is 3.29. The number of nitro benzene ring substituents is 1. The van der Waals surface area contributed by atoms with Crippen molar-refractivity contribution >= 4 is 17.2 Å². The summed E-state index contributed by atoms with van der Waals surface area (Å²) in [5, 5.41) is 37.0. The van der Waals surface area contributed by atoms with Gasteiger partial charge in [-0.15, -0.1) is 0 Å². The summed E-state index contributed by atoms with van der Waals surface area (Å²) in [4.78, 5) is 27.0. The number of aromatic nitrogens is 3. The van der Waals surface area contributed by atoms with Crippen molar-refractivity contribution in [3.05, 3.63) is 93.5 Å². The number of rotatable bonds is 7. The van der Waals surface area contributed by atoms with E-state index in [1.807, 2.05) is 0 Å². The van der Waals surface area contributed by atoms with Crippen LogP contribution in [-0.2, 0) is 6.18 Å². The van der Waals surface area contributed by atoms with Gasteiger partial charge in [-0.25, -0.2) is 13.9 Å². The summed E-state index contributed by atoms with van der Waals surface area (Å²) in [5.41, 5.74) is -2.07. The Labute approximate surface area is 205 Å². The Kier molecular flexibility index (Phi) is 6.87. The third kappa shape index (κ3) is 5.39. The second-order valence-corrected chi connectivity index (χ2v) is 7.89. The van der Waals surface area contributed by atoms with Crippen LogP contribution in [0.1, 0.15) is 27.8 Å². The molecule has 0 radical (unpaired) electrons. The highest BCUT2D eigenvalue weighted by Gasteiger charge is 2.36. The summed E-state index contributed by atoms with van der Waals surface area (Å²) in [6.07, 6.45) is -6.38. The number of benzene rings is 2. The zero-order chi connectivity index (χ0) is 26.9. The maximum atomic E-state index is 13.8. The molecule has 2 unspecified atom stereocenters. The number of carbonyl (C=O) groups is 1. The fourth-order valence-electron chi connectivity index (χ4n) is 3.55. The van der Waals surface area contributed by atoms with Gasteiger partial charge in [0.25, 0.3) is 11.6 Å². The van der Waals surface area contributed by atoms with E-state index in [4.69, 9.17) is 0 Å². The maximum absolute atomic E-state index is 13.8. The number of aliphatic hydroxyl groups is 2. The SMILES string of the molecule is O=C(NC(CO)C(O)c1ccc([N+](=O)[O-])cc1)c1cc2nc(-c3ccc(F)cc3)cc(C(F)(F)F)n2n1. The number of non-ortho nitro benzene ring substituents is 1. The Hall–Kier alpha value is -4.43. The minimum atomic E-state index is -4.88. The number of nitro groups is 1. The van der Waals surface area contributed by atoms with Crippen LogP contribution in [0.2, 0.25) is 0 Å². The number of nitrogens with zero attached hydrogens (tertiary/aromatic N) is 4. The number of hydrogen-bond acceptors (Lipinski definition) is 7. The molecular weight excluding hydrogens is 502 g/mol. The third-order valence-electron chi connectivity index (χ3n) is 5.43. The zero-order valence-corrected chi connectivity index (χ0v) is 18.6. The number of fused-ring (bicyclic) bond motifs is 1. The van der Waals surface area contributed by atoms with Crippen LogP contribution in [0.15, 0.2) is 60.7 Å². The first-order valence-corrected chi connectivity index (χ1v) is 10.6. The van der Waals surface area contributed by atoms with Gasteiger partial charge in [0, 0.05) is 23.8 Å². The van der Waals surface area contributed by atoms with Crippen molar-refractivity contribution in [2.75, 3.05) is 6.61 Å². The molecule has 0 aliphatic rings. The normalized spacial score (nSPS) is 13.4. The molecule has 0 bridgehead atoms. The van der Waals surface area contributed by atoms with Crippen molar-refractivity contribution in [2.45, 2.75) is 18.3 Å². The summed E-state index contributed by atoms with van der Waals surface area (Å²) in [6, 6.07) is 9.74. The topological polar surface area (TPSA) is 143 Å². The van der Waals surface area contributed by atoms with Crippen molar-refractivity contribution < 1.29 is 37.5 Å². The van der Waals surface area contributed by atoms with Crippen molar-refractivity contribution in [1.29, 1.82) is 0 Å². The Morgan fingerprint density at radius 1 is 1.11 bits per heavy atom. The summed E-state index contributed by atoms with van der Waals surface area (Å²) < 4.78 is 55.0. The molecule has 10 nitrogen and oxygen atoms in total. The van der Waals surface area contributed by atoms with Crippen LogP contribution in [0, 0.1) is 15.9 Å². The van der Waals surface area contributed by atoms with Gasteiger partial charge in [-0.1, -0.05) is 0 Å². The third-order valence-corrected chi connectivity index (χ3v) is 5.43. The molecule has 0 aliphatic carbocycles. The molecule has 14 heteroatoms. The standard InChI is InChI=1S/C23H17F4N5O5/c24-14-5-1-12(2-6-14)16-9-19(23(25,26)27)31-20(28-16)10-17(30-31)22(35)29-18(11-33)21(34)13-3-7-15(8-4-13)32(36)37/h1-10,18,21,33-34H,11H2,(H,29,35). The molecule has 4 rings (SSSR count). The molecule has 37 heavy (non-hydrogen) atoms. The van der Waals surface area contributed by atoms with E-state index in [0.717, 1.165) is 30.3 Å². The Bertz CT molecular complexity index is 1460. The quantitative estimate of drug-likeness (QED) is 0.193. The highest BCUT2D eigenvalue weighted by atomic mass is 19.4. The van der Waals surface area contributed by atoms with E-state index in [-0.39, 0.29) is 28.2 Å². The van der Waals surface area contributed by atoms with E-state index in [2.05, 4.69) is 15.4 Å². The summed E-state index contributed by atoms with van der Waals surface area (Å²) in [6.45, 7) is -0.766. The maximum Gasteiger partial charge on any atom is 0.433 e.